The fourth-order valence-electron chi connectivity index (χ4n) is 1.69. The molecule has 0 spiro atoms. The third-order valence-corrected chi connectivity index (χ3v) is 3.74. The van der Waals surface area contributed by atoms with Crippen LogP contribution in [-0.4, -0.2) is 21.4 Å². The number of furan rings is 2. The maximum Gasteiger partial charge on any atom is 0.284 e. The normalized spacial score (nSPS) is 12.2. The van der Waals surface area contributed by atoms with Gasteiger partial charge in [-0.25, -0.2) is 0 Å². The summed E-state index contributed by atoms with van der Waals surface area (Å²) in [6.07, 6.45) is 3.09. The van der Waals surface area contributed by atoms with E-state index in [4.69, 9.17) is 13.3 Å². The molecule has 7 nitrogen and oxygen atoms in total. The monoisotopic (exact) mass is 319 g/mol. The number of nitrogens with one attached hydrogen (secondary N) is 1. The van der Waals surface area contributed by atoms with Gasteiger partial charge in [-0.3, -0.25) is 4.79 Å². The van der Waals surface area contributed by atoms with E-state index in [0.29, 0.717) is 23.3 Å². The van der Waals surface area contributed by atoms with Crippen LogP contribution >= 0.6 is 11.8 Å². The lowest BCUT2D eigenvalue weighted by Gasteiger charge is -2.08. The number of nitrogens with zero attached hydrogens (tertiary/aromatic N) is 2. The van der Waals surface area contributed by atoms with Gasteiger partial charge >= 0.3 is 0 Å². The fourth-order valence-corrected chi connectivity index (χ4v) is 2.40. The standard InChI is InChI=1S/C14H13N3O4S/c1-9(12(18)15-8-10-4-2-6-19-10)22-14-17-16-13(21-14)11-5-3-7-20-11/h2-7,9H,8H2,1H3,(H,15,18)/t9-/m1/s1. The first-order valence-corrected chi connectivity index (χ1v) is 7.44. The number of carbonyl (C=O) groups is 1. The number of aromatic nitrogens is 2. The predicted molar refractivity (Wildman–Crippen MR) is 77.9 cm³/mol. The van der Waals surface area contributed by atoms with Crippen molar-refractivity contribution in [1.29, 1.82) is 0 Å². The Kier molecular flexibility index (Phi) is 4.29. The van der Waals surface area contributed by atoms with Crippen LogP contribution in [0, 0.1) is 0 Å². The van der Waals surface area contributed by atoms with E-state index in [9.17, 15) is 4.79 Å². The first-order valence-electron chi connectivity index (χ1n) is 6.56. The molecule has 0 unspecified atom stereocenters. The van der Waals surface area contributed by atoms with Gasteiger partial charge in [0.2, 0.25) is 5.91 Å². The van der Waals surface area contributed by atoms with E-state index in [1.165, 1.54) is 18.0 Å². The molecular formula is C14H13N3O4S. The third kappa shape index (κ3) is 3.40. The van der Waals surface area contributed by atoms with E-state index in [1.807, 2.05) is 0 Å². The van der Waals surface area contributed by atoms with Crippen molar-refractivity contribution in [2.45, 2.75) is 23.9 Å². The Morgan fingerprint density at radius 1 is 1.27 bits per heavy atom. The summed E-state index contributed by atoms with van der Waals surface area (Å²) in [6.45, 7) is 2.11. The summed E-state index contributed by atoms with van der Waals surface area (Å²) in [4.78, 5) is 12.0. The van der Waals surface area contributed by atoms with Gasteiger partial charge in [0.05, 0.1) is 24.3 Å². The van der Waals surface area contributed by atoms with E-state index in [1.54, 1.807) is 37.5 Å². The molecule has 8 heteroatoms. The Hall–Kier alpha value is -2.48. The molecule has 3 aromatic rings. The molecule has 1 N–H and O–H groups in total. The van der Waals surface area contributed by atoms with E-state index >= 15 is 0 Å². The first kappa shape index (κ1) is 14.5. The number of amides is 1. The maximum absolute atomic E-state index is 12.0. The van der Waals surface area contributed by atoms with Crippen molar-refractivity contribution in [3.05, 3.63) is 42.6 Å². The molecule has 114 valence electrons. The van der Waals surface area contributed by atoms with Gasteiger partial charge in [-0.2, -0.15) is 0 Å². The van der Waals surface area contributed by atoms with Crippen molar-refractivity contribution in [2.75, 3.05) is 0 Å². The molecule has 0 bridgehead atoms. The van der Waals surface area contributed by atoms with Crippen LogP contribution in [0.5, 0.6) is 0 Å². The topological polar surface area (TPSA) is 94.3 Å². The Bertz CT molecular complexity index is 721. The van der Waals surface area contributed by atoms with E-state index < -0.39 is 0 Å². The minimum Gasteiger partial charge on any atom is -0.467 e. The van der Waals surface area contributed by atoms with Crippen LogP contribution in [-0.2, 0) is 11.3 Å². The van der Waals surface area contributed by atoms with Crippen LogP contribution in [0.4, 0.5) is 0 Å². The van der Waals surface area contributed by atoms with Crippen LogP contribution in [0.3, 0.4) is 0 Å². The first-order chi connectivity index (χ1) is 10.7. The summed E-state index contributed by atoms with van der Waals surface area (Å²) in [5.74, 6) is 1.34. The summed E-state index contributed by atoms with van der Waals surface area (Å²) >= 11 is 1.18. The van der Waals surface area contributed by atoms with Gasteiger partial charge in [-0.1, -0.05) is 11.8 Å². The molecule has 0 saturated heterocycles. The number of hydrogen-bond donors (Lipinski definition) is 1. The minimum atomic E-state index is -0.375. The number of rotatable bonds is 6. The fraction of sp³-hybridized carbons (Fsp3) is 0.214. The lowest BCUT2D eigenvalue weighted by atomic mass is 10.4. The highest BCUT2D eigenvalue weighted by molar-refractivity contribution is 8.00. The van der Waals surface area contributed by atoms with Crippen molar-refractivity contribution in [2.24, 2.45) is 0 Å². The zero-order valence-corrected chi connectivity index (χ0v) is 12.5. The molecule has 0 aromatic carbocycles. The van der Waals surface area contributed by atoms with Crippen molar-refractivity contribution in [1.82, 2.24) is 15.5 Å². The largest absolute Gasteiger partial charge is 0.467 e. The highest BCUT2D eigenvalue weighted by atomic mass is 32.2. The molecular weight excluding hydrogens is 306 g/mol. The van der Waals surface area contributed by atoms with Crippen LogP contribution in [0.15, 0.2) is 55.3 Å². The molecule has 3 aromatic heterocycles. The van der Waals surface area contributed by atoms with Crippen LogP contribution in [0.25, 0.3) is 11.7 Å². The van der Waals surface area contributed by atoms with Gasteiger partial charge in [-0.15, -0.1) is 10.2 Å². The molecule has 1 amide bonds. The number of hydrogen-bond acceptors (Lipinski definition) is 7. The second-order valence-electron chi connectivity index (χ2n) is 4.41. The zero-order chi connectivity index (χ0) is 15.4. The van der Waals surface area contributed by atoms with Gasteiger partial charge < -0.3 is 18.6 Å². The average Bonchev–Trinajstić information content (AvgIpc) is 3.25. The van der Waals surface area contributed by atoms with Crippen LogP contribution < -0.4 is 5.32 Å². The smallest absolute Gasteiger partial charge is 0.284 e. The van der Waals surface area contributed by atoms with Crippen molar-refractivity contribution in [3.8, 4) is 11.7 Å². The summed E-state index contributed by atoms with van der Waals surface area (Å²) in [5.41, 5.74) is 0. The second-order valence-corrected chi connectivity index (χ2v) is 5.70. The number of thioether (sulfide) groups is 1. The second kappa shape index (κ2) is 6.52. The molecule has 22 heavy (non-hydrogen) atoms. The Morgan fingerprint density at radius 3 is 2.82 bits per heavy atom. The Morgan fingerprint density at radius 2 is 2.09 bits per heavy atom. The molecule has 0 saturated carbocycles. The number of carbonyl (C=O) groups excluding carboxylic acids is 1. The molecule has 0 aliphatic rings. The summed E-state index contributed by atoms with van der Waals surface area (Å²) in [5, 5.41) is 10.5. The van der Waals surface area contributed by atoms with Crippen molar-refractivity contribution < 1.29 is 18.0 Å². The summed E-state index contributed by atoms with van der Waals surface area (Å²) in [6, 6.07) is 7.03. The van der Waals surface area contributed by atoms with Gasteiger partial charge in [0.1, 0.15) is 5.76 Å². The average molecular weight is 319 g/mol. The van der Waals surface area contributed by atoms with Gasteiger partial charge in [0, 0.05) is 0 Å². The minimum absolute atomic E-state index is 0.140. The Labute approximate surface area is 130 Å². The van der Waals surface area contributed by atoms with Crippen molar-refractivity contribution in [3.63, 3.8) is 0 Å². The van der Waals surface area contributed by atoms with E-state index in [-0.39, 0.29) is 17.0 Å². The van der Waals surface area contributed by atoms with Crippen molar-refractivity contribution >= 4 is 17.7 Å². The third-order valence-electron chi connectivity index (χ3n) is 2.80. The van der Waals surface area contributed by atoms with Gasteiger partial charge in [0.15, 0.2) is 5.76 Å². The molecule has 0 radical (unpaired) electrons. The molecule has 0 aliphatic carbocycles. The molecule has 0 fully saturated rings. The van der Waals surface area contributed by atoms with E-state index in [0.717, 1.165) is 0 Å². The van der Waals surface area contributed by atoms with Gasteiger partial charge in [0.25, 0.3) is 11.1 Å². The summed E-state index contributed by atoms with van der Waals surface area (Å²) < 4.78 is 15.8. The lowest BCUT2D eigenvalue weighted by molar-refractivity contribution is -0.120. The highest BCUT2D eigenvalue weighted by Gasteiger charge is 2.19. The lowest BCUT2D eigenvalue weighted by Crippen LogP contribution is -2.30. The maximum atomic E-state index is 12.0. The van der Waals surface area contributed by atoms with Crippen LogP contribution in [0.2, 0.25) is 0 Å². The summed E-state index contributed by atoms with van der Waals surface area (Å²) in [7, 11) is 0. The zero-order valence-electron chi connectivity index (χ0n) is 11.7. The molecule has 3 heterocycles. The quantitative estimate of drug-likeness (QED) is 0.698. The Balaban J connectivity index is 1.54. The molecule has 1 atom stereocenters. The van der Waals surface area contributed by atoms with E-state index in [2.05, 4.69) is 15.5 Å². The molecule has 0 aliphatic heterocycles. The van der Waals surface area contributed by atoms with Crippen LogP contribution in [0.1, 0.15) is 12.7 Å². The van der Waals surface area contributed by atoms with Gasteiger partial charge in [-0.05, 0) is 31.2 Å². The molecule has 3 rings (SSSR count). The highest BCUT2D eigenvalue weighted by Crippen LogP contribution is 2.26. The predicted octanol–water partition coefficient (Wildman–Crippen LogP) is 2.72. The SMILES string of the molecule is C[C@@H](Sc1nnc(-c2ccco2)o1)C(=O)NCc1ccco1.